The van der Waals surface area contributed by atoms with E-state index in [2.05, 4.69) is 23.0 Å². The van der Waals surface area contributed by atoms with Crippen LogP contribution in [0.4, 0.5) is 0 Å². The van der Waals surface area contributed by atoms with Crippen LogP contribution >= 0.6 is 11.8 Å². The summed E-state index contributed by atoms with van der Waals surface area (Å²) in [4.78, 5) is 21.0. The molecule has 2 aliphatic rings. The van der Waals surface area contributed by atoms with Crippen LogP contribution in [0.5, 0.6) is 0 Å². The number of fused-ring (bicyclic) bond motifs is 1. The zero-order valence-corrected chi connectivity index (χ0v) is 13.7. The van der Waals surface area contributed by atoms with Crippen molar-refractivity contribution < 1.29 is 4.79 Å². The fourth-order valence-electron chi connectivity index (χ4n) is 2.92. The number of amides is 1. The summed E-state index contributed by atoms with van der Waals surface area (Å²) in [5.74, 6) is 0.508. The van der Waals surface area contributed by atoms with Crippen LogP contribution in [0.3, 0.4) is 0 Å². The van der Waals surface area contributed by atoms with Gasteiger partial charge in [0.15, 0.2) is 0 Å². The number of likely N-dealkylation sites (N-methyl/N-ethyl adjacent to an activating group) is 1. The second-order valence-corrected chi connectivity index (χ2v) is 6.85. The minimum atomic E-state index is 0.143. The number of hydrogen-bond acceptors (Lipinski definition) is 5. The highest BCUT2D eigenvalue weighted by Gasteiger charge is 2.21. The van der Waals surface area contributed by atoms with Crippen LogP contribution in [-0.2, 0) is 17.6 Å². The van der Waals surface area contributed by atoms with Gasteiger partial charge < -0.3 is 9.80 Å². The van der Waals surface area contributed by atoms with E-state index >= 15 is 0 Å². The molecule has 2 heterocycles. The van der Waals surface area contributed by atoms with E-state index in [0.29, 0.717) is 16.3 Å². The van der Waals surface area contributed by atoms with Crippen LogP contribution in [0.25, 0.3) is 0 Å². The first kappa shape index (κ1) is 15.3. The van der Waals surface area contributed by atoms with Gasteiger partial charge in [-0.2, -0.15) is 5.26 Å². The minimum Gasteiger partial charge on any atom is -0.339 e. The van der Waals surface area contributed by atoms with Gasteiger partial charge in [0.25, 0.3) is 0 Å². The molecule has 1 saturated heterocycles. The maximum atomic E-state index is 12.3. The lowest BCUT2D eigenvalue weighted by Crippen LogP contribution is -2.47. The highest BCUT2D eigenvalue weighted by atomic mass is 32.2. The largest absolute Gasteiger partial charge is 0.339 e. The molecule has 0 unspecified atom stereocenters. The Hall–Kier alpha value is -1.58. The summed E-state index contributed by atoms with van der Waals surface area (Å²) in [6.45, 7) is 3.44. The van der Waals surface area contributed by atoms with E-state index in [1.807, 2.05) is 11.0 Å². The first-order valence-electron chi connectivity index (χ1n) is 7.69. The zero-order valence-electron chi connectivity index (χ0n) is 12.8. The first-order chi connectivity index (χ1) is 10.7. The number of pyridine rings is 1. The molecule has 116 valence electrons. The number of carbonyl (C=O) groups is 1. The fourth-order valence-corrected chi connectivity index (χ4v) is 3.80. The fraction of sp³-hybridized carbons (Fsp3) is 0.562. The van der Waals surface area contributed by atoms with E-state index in [1.165, 1.54) is 17.3 Å². The number of aromatic nitrogens is 1. The van der Waals surface area contributed by atoms with Gasteiger partial charge >= 0.3 is 0 Å². The minimum absolute atomic E-state index is 0.143. The summed E-state index contributed by atoms with van der Waals surface area (Å²) in [7, 11) is 2.07. The van der Waals surface area contributed by atoms with Crippen LogP contribution in [0, 0.1) is 11.3 Å². The highest BCUT2D eigenvalue weighted by Crippen LogP contribution is 2.28. The van der Waals surface area contributed by atoms with Gasteiger partial charge in [-0.1, -0.05) is 11.8 Å². The second kappa shape index (κ2) is 6.67. The van der Waals surface area contributed by atoms with Crippen LogP contribution in [0.15, 0.2) is 11.1 Å². The van der Waals surface area contributed by atoms with Crippen LogP contribution in [-0.4, -0.2) is 59.7 Å². The van der Waals surface area contributed by atoms with Gasteiger partial charge in [-0.05, 0) is 37.9 Å². The van der Waals surface area contributed by atoms with Gasteiger partial charge in [-0.15, -0.1) is 0 Å². The van der Waals surface area contributed by atoms with Crippen LogP contribution < -0.4 is 0 Å². The Morgan fingerprint density at radius 2 is 2.14 bits per heavy atom. The number of carbonyl (C=O) groups excluding carboxylic acids is 1. The molecule has 3 rings (SSSR count). The number of hydrogen-bond donors (Lipinski definition) is 0. The highest BCUT2D eigenvalue weighted by molar-refractivity contribution is 7.99. The maximum Gasteiger partial charge on any atom is 0.233 e. The third-order valence-corrected chi connectivity index (χ3v) is 5.30. The predicted molar refractivity (Wildman–Crippen MR) is 85.8 cm³/mol. The molecular weight excluding hydrogens is 296 g/mol. The average Bonchev–Trinajstić information content (AvgIpc) is 2.99. The summed E-state index contributed by atoms with van der Waals surface area (Å²) in [6, 6.07) is 4.18. The number of nitriles is 1. The third kappa shape index (κ3) is 3.26. The monoisotopic (exact) mass is 316 g/mol. The lowest BCUT2D eigenvalue weighted by Gasteiger charge is -2.32. The molecule has 0 saturated carbocycles. The Balaban J connectivity index is 1.64. The van der Waals surface area contributed by atoms with Gasteiger partial charge in [-0.3, -0.25) is 4.79 Å². The molecule has 0 aromatic carbocycles. The molecule has 0 bridgehead atoms. The van der Waals surface area contributed by atoms with Crippen LogP contribution in [0.1, 0.15) is 23.2 Å². The molecule has 1 aliphatic carbocycles. The molecule has 1 fully saturated rings. The topological polar surface area (TPSA) is 60.2 Å². The van der Waals surface area contributed by atoms with Crippen molar-refractivity contribution >= 4 is 17.7 Å². The zero-order chi connectivity index (χ0) is 15.5. The molecule has 5 nitrogen and oxygen atoms in total. The molecule has 0 N–H and O–H groups in total. The maximum absolute atomic E-state index is 12.3. The number of piperazine rings is 1. The van der Waals surface area contributed by atoms with Crippen molar-refractivity contribution in [1.82, 2.24) is 14.8 Å². The molecule has 1 aromatic heterocycles. The lowest BCUT2D eigenvalue weighted by atomic mass is 10.2. The number of rotatable bonds is 3. The third-order valence-electron chi connectivity index (χ3n) is 4.32. The Morgan fingerprint density at radius 3 is 2.86 bits per heavy atom. The molecule has 0 spiro atoms. The molecule has 1 aromatic rings. The van der Waals surface area contributed by atoms with E-state index in [1.54, 1.807) is 0 Å². The van der Waals surface area contributed by atoms with Crippen molar-refractivity contribution in [2.45, 2.75) is 24.3 Å². The summed E-state index contributed by atoms with van der Waals surface area (Å²) >= 11 is 1.40. The summed E-state index contributed by atoms with van der Waals surface area (Å²) < 4.78 is 0. The molecule has 0 radical (unpaired) electrons. The Kier molecular flexibility index (Phi) is 4.65. The molecule has 1 aliphatic heterocycles. The quantitative estimate of drug-likeness (QED) is 0.787. The van der Waals surface area contributed by atoms with Crippen LogP contribution in [0.2, 0.25) is 0 Å². The van der Waals surface area contributed by atoms with Crippen molar-refractivity contribution in [3.8, 4) is 6.07 Å². The predicted octanol–water partition coefficient (Wildman–Crippen LogP) is 1.31. The smallest absolute Gasteiger partial charge is 0.233 e. The molecular formula is C16H20N4OS. The average molecular weight is 316 g/mol. The van der Waals surface area contributed by atoms with Gasteiger partial charge in [-0.25, -0.2) is 4.98 Å². The van der Waals surface area contributed by atoms with E-state index in [4.69, 9.17) is 0 Å². The first-order valence-corrected chi connectivity index (χ1v) is 8.68. The lowest BCUT2D eigenvalue weighted by molar-refractivity contribution is -0.129. The number of aryl methyl sites for hydroxylation is 2. The van der Waals surface area contributed by atoms with Crippen molar-refractivity contribution in [3.05, 3.63) is 22.9 Å². The van der Waals surface area contributed by atoms with Crippen molar-refractivity contribution in [2.24, 2.45) is 0 Å². The van der Waals surface area contributed by atoms with Gasteiger partial charge in [0.05, 0.1) is 11.3 Å². The summed E-state index contributed by atoms with van der Waals surface area (Å²) in [6.07, 6.45) is 3.12. The second-order valence-electron chi connectivity index (χ2n) is 5.88. The molecule has 0 atom stereocenters. The standard InChI is InChI=1S/C16H20N4OS/c1-19-5-7-20(8-6-19)15(21)11-22-16-13(10-17)9-12-3-2-4-14(12)18-16/h9H,2-8,11H2,1H3. The SMILES string of the molecule is CN1CCN(C(=O)CSc2nc3c(cc2C#N)CCC3)CC1. The Labute approximate surface area is 135 Å². The number of thioether (sulfide) groups is 1. The van der Waals surface area contributed by atoms with E-state index < -0.39 is 0 Å². The Morgan fingerprint density at radius 1 is 1.36 bits per heavy atom. The van der Waals surface area contributed by atoms with E-state index in [-0.39, 0.29) is 5.91 Å². The summed E-state index contributed by atoms with van der Waals surface area (Å²) in [5.41, 5.74) is 2.91. The van der Waals surface area contributed by atoms with E-state index in [0.717, 1.165) is 51.1 Å². The molecule has 22 heavy (non-hydrogen) atoms. The van der Waals surface area contributed by atoms with Gasteiger partial charge in [0.2, 0.25) is 5.91 Å². The normalized spacial score (nSPS) is 18.1. The molecule has 6 heteroatoms. The van der Waals surface area contributed by atoms with Gasteiger partial charge in [0, 0.05) is 31.9 Å². The summed E-state index contributed by atoms with van der Waals surface area (Å²) in [5, 5.41) is 10.0. The number of nitrogens with zero attached hydrogens (tertiary/aromatic N) is 4. The van der Waals surface area contributed by atoms with E-state index in [9.17, 15) is 10.1 Å². The van der Waals surface area contributed by atoms with Gasteiger partial charge in [0.1, 0.15) is 11.1 Å². The Bertz CT molecular complexity index is 617. The molecule has 1 amide bonds. The van der Waals surface area contributed by atoms with Crippen molar-refractivity contribution in [3.63, 3.8) is 0 Å². The van der Waals surface area contributed by atoms with Crippen molar-refractivity contribution in [1.29, 1.82) is 5.26 Å². The van der Waals surface area contributed by atoms with Crippen molar-refractivity contribution in [2.75, 3.05) is 39.0 Å².